The molecule has 3 aromatic rings. The van der Waals surface area contributed by atoms with Gasteiger partial charge in [0.15, 0.2) is 0 Å². The van der Waals surface area contributed by atoms with Crippen LogP contribution in [-0.2, 0) is 9.84 Å². The lowest BCUT2D eigenvalue weighted by atomic mass is 10.1. The minimum Gasteiger partial charge on any atom is -0.497 e. The van der Waals surface area contributed by atoms with Crippen LogP contribution in [0.4, 0.5) is 0 Å². The molecule has 0 N–H and O–H groups in total. The number of hydrogen-bond acceptors (Lipinski definition) is 4. The molecule has 0 saturated carbocycles. The molecule has 0 bridgehead atoms. The summed E-state index contributed by atoms with van der Waals surface area (Å²) in [5.41, 5.74) is 0.627. The van der Waals surface area contributed by atoms with Gasteiger partial charge in [-0.25, -0.2) is 8.42 Å². The lowest BCUT2D eigenvalue weighted by Crippen LogP contribution is -2.02. The van der Waals surface area contributed by atoms with E-state index in [4.69, 9.17) is 20.8 Å². The Morgan fingerprint density at radius 3 is 2.35 bits per heavy atom. The molecule has 0 atom stereocenters. The molecule has 0 fully saturated rings. The summed E-state index contributed by atoms with van der Waals surface area (Å²) < 4.78 is 36.2. The van der Waals surface area contributed by atoms with Crippen molar-refractivity contribution in [3.05, 3.63) is 65.9 Å². The lowest BCUT2D eigenvalue weighted by Gasteiger charge is -2.09. The summed E-state index contributed by atoms with van der Waals surface area (Å²) in [5.74, 6) is 1.00. The third-order valence-corrected chi connectivity index (χ3v) is 5.36. The Kier molecular flexibility index (Phi) is 4.15. The maximum absolute atomic E-state index is 12.8. The molecule has 1 aromatic heterocycles. The van der Waals surface area contributed by atoms with Crippen molar-refractivity contribution in [1.29, 1.82) is 0 Å². The van der Waals surface area contributed by atoms with Crippen molar-refractivity contribution in [2.24, 2.45) is 0 Å². The highest BCUT2D eigenvalue weighted by molar-refractivity contribution is 7.91. The smallest absolute Gasteiger partial charge is 0.206 e. The molecule has 0 aliphatic carbocycles. The molecule has 4 nitrogen and oxygen atoms in total. The number of sulfone groups is 1. The van der Waals surface area contributed by atoms with Crippen molar-refractivity contribution < 1.29 is 17.6 Å². The molecule has 118 valence electrons. The zero-order valence-electron chi connectivity index (χ0n) is 12.2. The second-order valence-electron chi connectivity index (χ2n) is 4.83. The normalized spacial score (nSPS) is 11.4. The predicted octanol–water partition coefficient (Wildman–Crippen LogP) is 4.44. The number of benzene rings is 2. The van der Waals surface area contributed by atoms with Crippen molar-refractivity contribution in [2.75, 3.05) is 7.11 Å². The Balaban J connectivity index is 2.15. The second kappa shape index (κ2) is 6.10. The van der Waals surface area contributed by atoms with Gasteiger partial charge in [0.2, 0.25) is 9.84 Å². The van der Waals surface area contributed by atoms with E-state index in [0.717, 1.165) is 0 Å². The van der Waals surface area contributed by atoms with Crippen LogP contribution in [0.2, 0.25) is 5.02 Å². The van der Waals surface area contributed by atoms with E-state index in [1.807, 2.05) is 0 Å². The third kappa shape index (κ3) is 3.11. The van der Waals surface area contributed by atoms with E-state index < -0.39 is 9.84 Å². The predicted molar refractivity (Wildman–Crippen MR) is 87.6 cm³/mol. The summed E-state index contributed by atoms with van der Waals surface area (Å²) in [6.45, 7) is 0. The van der Waals surface area contributed by atoms with E-state index in [-0.39, 0.29) is 9.79 Å². The number of methoxy groups -OCH3 is 1. The summed E-state index contributed by atoms with van der Waals surface area (Å²) >= 11 is 5.82. The first-order valence-corrected chi connectivity index (χ1v) is 8.60. The van der Waals surface area contributed by atoms with Gasteiger partial charge >= 0.3 is 0 Å². The first-order chi connectivity index (χ1) is 11.0. The minimum absolute atomic E-state index is 0.130. The highest BCUT2D eigenvalue weighted by Gasteiger charge is 2.20. The van der Waals surface area contributed by atoms with Crippen molar-refractivity contribution in [1.82, 2.24) is 0 Å². The molecule has 0 radical (unpaired) electrons. The van der Waals surface area contributed by atoms with Gasteiger partial charge in [-0.1, -0.05) is 11.6 Å². The van der Waals surface area contributed by atoms with Gasteiger partial charge in [0, 0.05) is 10.6 Å². The van der Waals surface area contributed by atoms with Crippen LogP contribution in [0.5, 0.6) is 5.75 Å². The molecular formula is C17H13ClO4S. The molecule has 6 heteroatoms. The van der Waals surface area contributed by atoms with Crippen LogP contribution in [0.25, 0.3) is 11.3 Å². The van der Waals surface area contributed by atoms with Gasteiger partial charge in [-0.3, -0.25) is 0 Å². The van der Waals surface area contributed by atoms with E-state index in [2.05, 4.69) is 0 Å². The number of ether oxygens (including phenoxy) is 1. The summed E-state index contributed by atoms with van der Waals surface area (Å²) in [5, 5.41) is 0.478. The molecule has 23 heavy (non-hydrogen) atoms. The quantitative estimate of drug-likeness (QED) is 0.699. The fraction of sp³-hybridized carbons (Fsp3) is 0.0588. The van der Waals surface area contributed by atoms with Crippen LogP contribution in [0, 0.1) is 0 Å². The number of rotatable bonds is 4. The molecule has 0 amide bonds. The van der Waals surface area contributed by atoms with E-state index in [1.165, 1.54) is 31.6 Å². The van der Waals surface area contributed by atoms with Crippen LogP contribution in [0.15, 0.2) is 75.1 Å². The maximum Gasteiger partial charge on any atom is 0.206 e. The van der Waals surface area contributed by atoms with Gasteiger partial charge in [-0.2, -0.15) is 0 Å². The minimum atomic E-state index is -3.68. The first-order valence-electron chi connectivity index (χ1n) is 6.74. The van der Waals surface area contributed by atoms with Crippen molar-refractivity contribution in [3.63, 3.8) is 0 Å². The average Bonchev–Trinajstić information content (AvgIpc) is 3.09. The van der Waals surface area contributed by atoms with Crippen molar-refractivity contribution in [3.8, 4) is 17.1 Å². The fourth-order valence-corrected chi connectivity index (χ4v) is 3.63. The van der Waals surface area contributed by atoms with Gasteiger partial charge in [0.25, 0.3) is 0 Å². The van der Waals surface area contributed by atoms with Gasteiger partial charge in [-0.05, 0) is 54.6 Å². The van der Waals surface area contributed by atoms with E-state index in [0.29, 0.717) is 22.1 Å². The van der Waals surface area contributed by atoms with Crippen LogP contribution in [0.1, 0.15) is 0 Å². The van der Waals surface area contributed by atoms with Crippen molar-refractivity contribution in [2.45, 2.75) is 9.79 Å². The molecule has 0 spiro atoms. The third-order valence-electron chi connectivity index (χ3n) is 3.36. The van der Waals surface area contributed by atoms with Gasteiger partial charge in [-0.15, -0.1) is 0 Å². The Bertz CT molecular complexity index is 914. The summed E-state index contributed by atoms with van der Waals surface area (Å²) in [6, 6.07) is 14.3. The Hall–Kier alpha value is -2.24. The van der Waals surface area contributed by atoms with Crippen LogP contribution >= 0.6 is 11.6 Å². The molecule has 2 aromatic carbocycles. The van der Waals surface area contributed by atoms with E-state index in [1.54, 1.807) is 36.4 Å². The standard InChI is InChI=1S/C17H13ClO4S/c1-21-14-9-12(17-3-2-8-22-17)10-16(11-14)23(19,20)15-6-4-13(18)5-7-15/h2-11H,1H3. The SMILES string of the molecule is COc1cc(-c2ccco2)cc(S(=O)(=O)c2ccc(Cl)cc2)c1. The monoisotopic (exact) mass is 348 g/mol. The van der Waals surface area contributed by atoms with E-state index in [9.17, 15) is 8.42 Å². The van der Waals surface area contributed by atoms with Gasteiger partial charge in [0.05, 0.1) is 23.2 Å². The van der Waals surface area contributed by atoms with E-state index >= 15 is 0 Å². The molecule has 0 aliphatic heterocycles. The highest BCUT2D eigenvalue weighted by Crippen LogP contribution is 2.31. The summed E-state index contributed by atoms with van der Waals surface area (Å²) in [4.78, 5) is 0.297. The largest absolute Gasteiger partial charge is 0.497 e. The van der Waals surface area contributed by atoms with Gasteiger partial charge < -0.3 is 9.15 Å². The molecule has 0 unspecified atom stereocenters. The maximum atomic E-state index is 12.8. The van der Waals surface area contributed by atoms with Crippen molar-refractivity contribution >= 4 is 21.4 Å². The number of halogens is 1. The molecular weight excluding hydrogens is 336 g/mol. The molecule has 1 heterocycles. The Morgan fingerprint density at radius 2 is 1.74 bits per heavy atom. The molecule has 0 saturated heterocycles. The topological polar surface area (TPSA) is 56.5 Å². The zero-order chi connectivity index (χ0) is 16.4. The first kappa shape index (κ1) is 15.6. The van der Waals surface area contributed by atoms with Crippen LogP contribution in [0.3, 0.4) is 0 Å². The Morgan fingerprint density at radius 1 is 1.00 bits per heavy atom. The Labute approximate surface area is 139 Å². The zero-order valence-corrected chi connectivity index (χ0v) is 13.8. The second-order valence-corrected chi connectivity index (χ2v) is 7.22. The average molecular weight is 349 g/mol. The highest BCUT2D eigenvalue weighted by atomic mass is 35.5. The number of hydrogen-bond donors (Lipinski definition) is 0. The van der Waals surface area contributed by atoms with Gasteiger partial charge in [0.1, 0.15) is 11.5 Å². The molecule has 3 rings (SSSR count). The molecule has 0 aliphatic rings. The number of furan rings is 1. The lowest BCUT2D eigenvalue weighted by molar-refractivity contribution is 0.413. The summed E-state index contributed by atoms with van der Waals surface area (Å²) in [6.07, 6.45) is 1.53. The summed E-state index contributed by atoms with van der Waals surface area (Å²) in [7, 11) is -2.20. The van der Waals surface area contributed by atoms with Crippen LogP contribution < -0.4 is 4.74 Å². The fourth-order valence-electron chi connectivity index (χ4n) is 2.18. The van der Waals surface area contributed by atoms with Crippen LogP contribution in [-0.4, -0.2) is 15.5 Å².